The second-order valence-corrected chi connectivity index (χ2v) is 10.3. The molecule has 0 radical (unpaired) electrons. The highest BCUT2D eigenvalue weighted by Crippen LogP contribution is 2.34. The summed E-state index contributed by atoms with van der Waals surface area (Å²) in [5.74, 6) is 0.611. The van der Waals surface area contributed by atoms with Crippen LogP contribution in [0.5, 0.6) is 5.75 Å². The van der Waals surface area contributed by atoms with Crippen molar-refractivity contribution in [2.45, 2.75) is 51.9 Å². The molecule has 3 aromatic rings. The number of hydrogen-bond donors (Lipinski definition) is 3. The van der Waals surface area contributed by atoms with Gasteiger partial charge in [0.05, 0.1) is 19.2 Å². The predicted octanol–water partition coefficient (Wildman–Crippen LogP) is 6.51. The van der Waals surface area contributed by atoms with E-state index in [-0.39, 0.29) is 29.4 Å². The predicted molar refractivity (Wildman–Crippen MR) is 159 cm³/mol. The molecule has 1 aliphatic heterocycles. The van der Waals surface area contributed by atoms with Crippen LogP contribution in [0.4, 0.5) is 21.9 Å². The Morgan fingerprint density at radius 3 is 2.51 bits per heavy atom. The summed E-state index contributed by atoms with van der Waals surface area (Å²) in [5.41, 5.74) is 6.18. The van der Waals surface area contributed by atoms with E-state index in [1.165, 1.54) is 7.11 Å². The monoisotopic (exact) mass is 545 g/mol. The maximum atomic E-state index is 13.4. The van der Waals surface area contributed by atoms with Gasteiger partial charge >= 0.3 is 6.03 Å². The molecule has 0 saturated heterocycles. The zero-order chi connectivity index (χ0) is 27.9. The van der Waals surface area contributed by atoms with Crippen molar-refractivity contribution < 1.29 is 19.1 Å². The summed E-state index contributed by atoms with van der Waals surface area (Å²) in [5, 5.41) is 5.56. The number of urea groups is 1. The minimum Gasteiger partial charge on any atom is -0.495 e. The van der Waals surface area contributed by atoms with Gasteiger partial charge in [-0.3, -0.25) is 9.59 Å². The molecule has 1 atom stereocenters. The Bertz CT molecular complexity index is 1370. The number of fused-ring (bicyclic) bond motifs is 1. The molecular weight excluding hydrogens is 510 g/mol. The first-order valence-corrected chi connectivity index (χ1v) is 13.7. The molecule has 3 amide bonds. The van der Waals surface area contributed by atoms with E-state index in [2.05, 4.69) is 36.3 Å². The molecule has 3 aromatic carbocycles. The SMILES string of the molecule is CCC(CC(=O)S)c1ccc2c(c1)CCCN2C(=O)Cc1ccc(NC(=O)Nc2ccccc2C)c(OC)c1. The van der Waals surface area contributed by atoms with Crippen LogP contribution < -0.4 is 20.3 Å². The van der Waals surface area contributed by atoms with Gasteiger partial charge in [0.2, 0.25) is 5.91 Å². The van der Waals surface area contributed by atoms with E-state index in [0.29, 0.717) is 24.4 Å². The van der Waals surface area contributed by atoms with Gasteiger partial charge in [0.1, 0.15) is 5.75 Å². The third-order valence-electron chi connectivity index (χ3n) is 7.17. The maximum Gasteiger partial charge on any atom is 0.323 e. The lowest BCUT2D eigenvalue weighted by Gasteiger charge is -2.31. The summed E-state index contributed by atoms with van der Waals surface area (Å²) in [7, 11) is 1.54. The van der Waals surface area contributed by atoms with Gasteiger partial charge in [0, 0.05) is 24.3 Å². The highest BCUT2D eigenvalue weighted by molar-refractivity contribution is 7.96. The first-order chi connectivity index (χ1) is 18.8. The molecule has 0 aromatic heterocycles. The zero-order valence-electron chi connectivity index (χ0n) is 22.6. The quantitative estimate of drug-likeness (QED) is 0.268. The van der Waals surface area contributed by atoms with Gasteiger partial charge in [-0.25, -0.2) is 4.79 Å². The number of para-hydroxylation sites is 1. The van der Waals surface area contributed by atoms with Crippen LogP contribution in [0, 0.1) is 6.92 Å². The van der Waals surface area contributed by atoms with E-state index in [1.54, 1.807) is 12.1 Å². The second kappa shape index (κ2) is 12.8. The van der Waals surface area contributed by atoms with Gasteiger partial charge in [0.25, 0.3) is 0 Å². The van der Waals surface area contributed by atoms with Crippen LogP contribution in [0.2, 0.25) is 0 Å². The lowest BCUT2D eigenvalue weighted by atomic mass is 9.89. The minimum absolute atomic E-state index is 0.00124. The topological polar surface area (TPSA) is 87.7 Å². The number of hydrogen-bond acceptors (Lipinski definition) is 4. The van der Waals surface area contributed by atoms with Crippen LogP contribution in [0.3, 0.4) is 0 Å². The first kappa shape index (κ1) is 28.2. The Labute approximate surface area is 235 Å². The summed E-state index contributed by atoms with van der Waals surface area (Å²) in [6, 6.07) is 18.7. The van der Waals surface area contributed by atoms with E-state index >= 15 is 0 Å². The van der Waals surface area contributed by atoms with Crippen molar-refractivity contribution in [3.63, 3.8) is 0 Å². The minimum atomic E-state index is -0.375. The number of carbonyl (C=O) groups is 3. The van der Waals surface area contributed by atoms with Crippen molar-refractivity contribution in [2.24, 2.45) is 0 Å². The Balaban J connectivity index is 1.45. The Morgan fingerprint density at radius 1 is 1.03 bits per heavy atom. The fraction of sp³-hybridized carbons (Fsp3) is 0.323. The number of benzene rings is 3. The molecule has 4 rings (SSSR count). The summed E-state index contributed by atoms with van der Waals surface area (Å²) >= 11 is 3.96. The van der Waals surface area contributed by atoms with Crippen LogP contribution in [0.15, 0.2) is 60.7 Å². The number of nitrogens with zero attached hydrogens (tertiary/aromatic N) is 1. The summed E-state index contributed by atoms with van der Waals surface area (Å²) < 4.78 is 5.52. The zero-order valence-corrected chi connectivity index (χ0v) is 23.5. The molecule has 7 nitrogen and oxygen atoms in total. The lowest BCUT2D eigenvalue weighted by molar-refractivity contribution is -0.118. The van der Waals surface area contributed by atoms with Crippen molar-refractivity contribution in [3.05, 3.63) is 82.9 Å². The summed E-state index contributed by atoms with van der Waals surface area (Å²) in [6.07, 6.45) is 3.25. The van der Waals surface area contributed by atoms with Crippen LogP contribution >= 0.6 is 12.6 Å². The standard InChI is InChI=1S/C31H35N3O4S/c1-4-22(19-30(36)39)23-12-14-27-24(18-23)9-7-15-34(27)29(35)17-21-11-13-26(28(16-21)38-3)33-31(37)32-25-10-6-5-8-20(25)2/h5-6,8,10-14,16,18,22H,4,7,9,15,17,19H2,1-3H3,(H,36,39)(H2,32,33,37). The number of carbonyl (C=O) groups excluding carboxylic acids is 3. The number of amides is 3. The normalized spacial score (nSPS) is 13.3. The molecule has 1 aliphatic rings. The van der Waals surface area contributed by atoms with Crippen LogP contribution in [-0.2, 0) is 22.4 Å². The average Bonchev–Trinajstić information content (AvgIpc) is 2.93. The molecule has 0 fully saturated rings. The molecular formula is C31H35N3O4S. The number of aryl methyl sites for hydroxylation is 2. The molecule has 39 heavy (non-hydrogen) atoms. The van der Waals surface area contributed by atoms with Crippen LogP contribution in [0.1, 0.15) is 54.4 Å². The molecule has 0 spiro atoms. The van der Waals surface area contributed by atoms with E-state index in [0.717, 1.165) is 52.9 Å². The van der Waals surface area contributed by atoms with Gasteiger partial charge < -0.3 is 20.3 Å². The van der Waals surface area contributed by atoms with Gasteiger partial charge in [-0.05, 0) is 78.6 Å². The van der Waals surface area contributed by atoms with Crippen molar-refractivity contribution in [2.75, 3.05) is 29.2 Å². The average molecular weight is 546 g/mol. The number of nitrogens with one attached hydrogen (secondary N) is 2. The molecule has 0 bridgehead atoms. The van der Waals surface area contributed by atoms with Gasteiger partial charge in [0.15, 0.2) is 5.12 Å². The Hall–Kier alpha value is -3.78. The summed E-state index contributed by atoms with van der Waals surface area (Å²) in [6.45, 7) is 4.66. The van der Waals surface area contributed by atoms with Gasteiger partial charge in [-0.15, -0.1) is 12.6 Å². The number of anilines is 3. The third-order valence-corrected chi connectivity index (χ3v) is 7.35. The highest BCUT2D eigenvalue weighted by atomic mass is 32.1. The third kappa shape index (κ3) is 7.00. The molecule has 2 N–H and O–H groups in total. The Morgan fingerprint density at radius 2 is 1.79 bits per heavy atom. The van der Waals surface area contributed by atoms with E-state index in [9.17, 15) is 14.4 Å². The van der Waals surface area contributed by atoms with Crippen molar-refractivity contribution >= 4 is 46.7 Å². The molecule has 1 heterocycles. The second-order valence-electron chi connectivity index (χ2n) is 9.85. The molecule has 0 saturated carbocycles. The number of thiol groups is 1. The van der Waals surface area contributed by atoms with Crippen molar-refractivity contribution in [3.8, 4) is 5.75 Å². The molecule has 204 valence electrons. The number of ether oxygens (including phenoxy) is 1. The van der Waals surface area contributed by atoms with Gasteiger partial charge in [-0.2, -0.15) is 0 Å². The largest absolute Gasteiger partial charge is 0.495 e. The van der Waals surface area contributed by atoms with Gasteiger partial charge in [-0.1, -0.05) is 43.3 Å². The number of rotatable bonds is 9. The fourth-order valence-electron chi connectivity index (χ4n) is 5.05. The fourth-order valence-corrected chi connectivity index (χ4v) is 5.27. The van der Waals surface area contributed by atoms with Crippen LogP contribution in [-0.4, -0.2) is 30.7 Å². The molecule has 0 aliphatic carbocycles. The first-order valence-electron chi connectivity index (χ1n) is 13.2. The van der Waals surface area contributed by atoms with Crippen molar-refractivity contribution in [1.29, 1.82) is 0 Å². The highest BCUT2D eigenvalue weighted by Gasteiger charge is 2.24. The smallest absolute Gasteiger partial charge is 0.323 e. The lowest BCUT2D eigenvalue weighted by Crippen LogP contribution is -2.36. The molecule has 1 unspecified atom stereocenters. The summed E-state index contributed by atoms with van der Waals surface area (Å²) in [4.78, 5) is 39.4. The number of methoxy groups -OCH3 is 1. The van der Waals surface area contributed by atoms with E-state index in [1.807, 2.05) is 54.3 Å². The van der Waals surface area contributed by atoms with Crippen molar-refractivity contribution in [1.82, 2.24) is 0 Å². The Kier molecular flexibility index (Phi) is 9.30. The maximum absolute atomic E-state index is 13.4. The van der Waals surface area contributed by atoms with E-state index in [4.69, 9.17) is 4.74 Å². The van der Waals surface area contributed by atoms with E-state index < -0.39 is 0 Å². The molecule has 8 heteroatoms. The van der Waals surface area contributed by atoms with Crippen LogP contribution in [0.25, 0.3) is 0 Å².